The molecule has 1 N–H and O–H groups in total. The van der Waals surface area contributed by atoms with Gasteiger partial charge in [0.25, 0.3) is 0 Å². The number of aryl methyl sites for hydroxylation is 3. The summed E-state index contributed by atoms with van der Waals surface area (Å²) >= 11 is 0. The van der Waals surface area contributed by atoms with Crippen LogP contribution in [0.25, 0.3) is 0 Å². The van der Waals surface area contributed by atoms with Gasteiger partial charge in [0.1, 0.15) is 10.6 Å². The predicted octanol–water partition coefficient (Wildman–Crippen LogP) is 3.20. The molecule has 0 aliphatic carbocycles. The van der Waals surface area contributed by atoms with Crippen LogP contribution in [0.15, 0.2) is 33.7 Å². The summed E-state index contributed by atoms with van der Waals surface area (Å²) in [5.41, 5.74) is 2.22. The van der Waals surface area contributed by atoms with Gasteiger partial charge < -0.3 is 14.6 Å². The van der Waals surface area contributed by atoms with E-state index in [1.54, 1.807) is 27.7 Å². The highest BCUT2D eigenvalue weighted by Gasteiger charge is 2.36. The summed E-state index contributed by atoms with van der Waals surface area (Å²) in [4.78, 5) is 25.5. The number of sulfonamides is 1. The van der Waals surface area contributed by atoms with Crippen molar-refractivity contribution in [2.75, 3.05) is 13.1 Å². The molecule has 0 bridgehead atoms. The van der Waals surface area contributed by atoms with Crippen molar-refractivity contribution in [1.82, 2.24) is 14.8 Å². The second-order valence-electron chi connectivity index (χ2n) is 9.05. The van der Waals surface area contributed by atoms with E-state index in [2.05, 4.69) is 10.5 Å². The van der Waals surface area contributed by atoms with Crippen LogP contribution in [0.1, 0.15) is 61.7 Å². The summed E-state index contributed by atoms with van der Waals surface area (Å²) in [6.07, 6.45) is 0.536. The summed E-state index contributed by atoms with van der Waals surface area (Å²) in [7, 11) is -3.74. The Labute approximate surface area is 200 Å². The van der Waals surface area contributed by atoms with E-state index in [1.807, 2.05) is 31.2 Å². The van der Waals surface area contributed by atoms with Crippen LogP contribution in [-0.4, -0.2) is 48.9 Å². The van der Waals surface area contributed by atoms with E-state index in [4.69, 9.17) is 9.26 Å². The molecule has 1 unspecified atom stereocenters. The number of esters is 1. The van der Waals surface area contributed by atoms with Crippen LogP contribution in [-0.2, 0) is 24.3 Å². The normalized spacial score (nSPS) is 16.4. The summed E-state index contributed by atoms with van der Waals surface area (Å²) in [6.45, 7) is 9.13. The highest BCUT2D eigenvalue weighted by Crippen LogP contribution is 2.28. The lowest BCUT2D eigenvalue weighted by atomic mass is 9.95. The molecule has 1 aromatic heterocycles. The molecule has 0 saturated carbocycles. The number of amides is 1. The zero-order valence-electron chi connectivity index (χ0n) is 20.3. The Balaban J connectivity index is 1.67. The molecule has 1 atom stereocenters. The number of rotatable bonds is 8. The van der Waals surface area contributed by atoms with Gasteiger partial charge in [0.15, 0.2) is 5.76 Å². The monoisotopic (exact) mass is 491 g/mol. The van der Waals surface area contributed by atoms with E-state index in [-0.39, 0.29) is 54.1 Å². The first-order chi connectivity index (χ1) is 16.0. The van der Waals surface area contributed by atoms with E-state index >= 15 is 0 Å². The first kappa shape index (κ1) is 25.9. The molecule has 186 valence electrons. The van der Waals surface area contributed by atoms with Crippen molar-refractivity contribution in [3.05, 3.63) is 46.8 Å². The van der Waals surface area contributed by atoms with Crippen molar-refractivity contribution in [3.63, 3.8) is 0 Å². The van der Waals surface area contributed by atoms with Crippen LogP contribution in [0, 0.1) is 26.7 Å². The largest absolute Gasteiger partial charge is 0.463 e. The van der Waals surface area contributed by atoms with Gasteiger partial charge in [0.2, 0.25) is 15.9 Å². The Morgan fingerprint density at radius 3 is 2.29 bits per heavy atom. The number of nitrogens with zero attached hydrogens (tertiary/aromatic N) is 2. The van der Waals surface area contributed by atoms with Gasteiger partial charge in [-0.05, 0) is 53.0 Å². The van der Waals surface area contributed by atoms with Gasteiger partial charge in [0, 0.05) is 19.0 Å². The van der Waals surface area contributed by atoms with Crippen molar-refractivity contribution in [3.8, 4) is 0 Å². The van der Waals surface area contributed by atoms with Crippen LogP contribution in [0.3, 0.4) is 0 Å². The third-order valence-electron chi connectivity index (χ3n) is 5.92. The van der Waals surface area contributed by atoms with E-state index in [1.165, 1.54) is 4.31 Å². The van der Waals surface area contributed by atoms with Crippen LogP contribution < -0.4 is 5.32 Å². The number of carbonyl (C=O) groups is 2. The molecular formula is C24H33N3O6S. The van der Waals surface area contributed by atoms with Crippen LogP contribution in [0.4, 0.5) is 0 Å². The highest BCUT2D eigenvalue weighted by atomic mass is 32.2. The lowest BCUT2D eigenvalue weighted by Crippen LogP contribution is -2.44. The van der Waals surface area contributed by atoms with Crippen molar-refractivity contribution in [2.24, 2.45) is 5.92 Å². The Kier molecular flexibility index (Phi) is 8.14. The van der Waals surface area contributed by atoms with Crippen LogP contribution >= 0.6 is 0 Å². The van der Waals surface area contributed by atoms with Gasteiger partial charge in [-0.25, -0.2) is 8.42 Å². The number of hydrogen-bond donors (Lipinski definition) is 1. The standard InChI is InChI=1S/C24H33N3O6S/c1-15(2)32-22(28)14-21(19-8-6-16(3)7-9-19)25-24(29)20-10-12-27(13-11-20)34(30,31)23-17(4)26-33-18(23)5/h6-9,15,20-21H,10-14H2,1-5H3,(H,25,29). The van der Waals surface area contributed by atoms with Crippen molar-refractivity contribution >= 4 is 21.9 Å². The second kappa shape index (κ2) is 10.7. The molecule has 1 amide bonds. The Morgan fingerprint density at radius 1 is 1.15 bits per heavy atom. The fourth-order valence-electron chi connectivity index (χ4n) is 4.15. The lowest BCUT2D eigenvalue weighted by molar-refractivity contribution is -0.148. The number of piperidine rings is 1. The van der Waals surface area contributed by atoms with E-state index < -0.39 is 16.1 Å². The Bertz CT molecular complexity index is 1100. The lowest BCUT2D eigenvalue weighted by Gasteiger charge is -2.31. The van der Waals surface area contributed by atoms with Crippen molar-refractivity contribution < 1.29 is 27.3 Å². The summed E-state index contributed by atoms with van der Waals surface area (Å²) in [6, 6.07) is 7.12. The minimum atomic E-state index is -3.74. The van der Waals surface area contributed by atoms with Gasteiger partial charge in [-0.15, -0.1) is 0 Å². The zero-order chi connectivity index (χ0) is 25.0. The smallest absolute Gasteiger partial charge is 0.308 e. The number of nitrogens with one attached hydrogen (secondary N) is 1. The van der Waals surface area contributed by atoms with E-state index in [0.29, 0.717) is 18.5 Å². The molecule has 0 spiro atoms. The first-order valence-corrected chi connectivity index (χ1v) is 12.9. The maximum absolute atomic E-state index is 13.1. The average molecular weight is 492 g/mol. The quantitative estimate of drug-likeness (QED) is 0.563. The third kappa shape index (κ3) is 6.04. The molecule has 34 heavy (non-hydrogen) atoms. The Morgan fingerprint density at radius 2 is 1.76 bits per heavy atom. The second-order valence-corrected chi connectivity index (χ2v) is 10.9. The molecule has 10 heteroatoms. The number of carbonyl (C=O) groups excluding carboxylic acids is 2. The fraction of sp³-hybridized carbons (Fsp3) is 0.542. The minimum Gasteiger partial charge on any atom is -0.463 e. The molecule has 1 saturated heterocycles. The number of aromatic nitrogens is 1. The summed E-state index contributed by atoms with van der Waals surface area (Å²) in [5.74, 6) is -0.685. The van der Waals surface area contributed by atoms with Crippen LogP contribution in [0.2, 0.25) is 0 Å². The SMILES string of the molecule is Cc1ccc(C(CC(=O)OC(C)C)NC(=O)C2CCN(S(=O)(=O)c3c(C)noc3C)CC2)cc1. The maximum Gasteiger partial charge on any atom is 0.308 e. The van der Waals surface area contributed by atoms with Gasteiger partial charge in [-0.2, -0.15) is 4.31 Å². The molecule has 2 aromatic rings. The molecule has 3 rings (SSSR count). The van der Waals surface area contributed by atoms with Crippen LogP contribution in [0.5, 0.6) is 0 Å². The molecule has 1 aliphatic rings. The topological polar surface area (TPSA) is 119 Å². The zero-order valence-corrected chi connectivity index (χ0v) is 21.1. The highest BCUT2D eigenvalue weighted by molar-refractivity contribution is 7.89. The number of benzene rings is 1. The number of ether oxygens (including phenoxy) is 1. The molecule has 1 fully saturated rings. The van der Waals surface area contributed by atoms with Crippen molar-refractivity contribution in [1.29, 1.82) is 0 Å². The molecule has 0 radical (unpaired) electrons. The van der Waals surface area contributed by atoms with Gasteiger partial charge >= 0.3 is 5.97 Å². The first-order valence-electron chi connectivity index (χ1n) is 11.5. The van der Waals surface area contributed by atoms with E-state index in [9.17, 15) is 18.0 Å². The average Bonchev–Trinajstić information content (AvgIpc) is 3.12. The molecule has 1 aromatic carbocycles. The summed E-state index contributed by atoms with van der Waals surface area (Å²) in [5, 5.41) is 6.74. The van der Waals surface area contributed by atoms with Crippen molar-refractivity contribution in [2.45, 2.75) is 70.9 Å². The van der Waals surface area contributed by atoms with Gasteiger partial charge in [0.05, 0.1) is 18.6 Å². The Hall–Kier alpha value is -2.72. The minimum absolute atomic E-state index is 0.0201. The van der Waals surface area contributed by atoms with E-state index in [0.717, 1.165) is 11.1 Å². The molecule has 2 heterocycles. The summed E-state index contributed by atoms with van der Waals surface area (Å²) < 4.78 is 37.8. The molecule has 1 aliphatic heterocycles. The third-order valence-corrected chi connectivity index (χ3v) is 8.07. The number of hydrogen-bond acceptors (Lipinski definition) is 7. The fourth-order valence-corrected chi connectivity index (χ4v) is 5.91. The maximum atomic E-state index is 13.1. The molecule has 9 nitrogen and oxygen atoms in total. The predicted molar refractivity (Wildman–Crippen MR) is 125 cm³/mol. The van der Waals surface area contributed by atoms with Gasteiger partial charge in [-0.3, -0.25) is 9.59 Å². The molecular weight excluding hydrogens is 458 g/mol. The van der Waals surface area contributed by atoms with Gasteiger partial charge in [-0.1, -0.05) is 35.0 Å².